The second-order valence-corrected chi connectivity index (χ2v) is 6.69. The van der Waals surface area contributed by atoms with E-state index in [2.05, 4.69) is 4.90 Å². The van der Waals surface area contributed by atoms with Crippen LogP contribution in [0.4, 0.5) is 0 Å². The Hall–Kier alpha value is -1.10. The summed E-state index contributed by atoms with van der Waals surface area (Å²) in [6, 6.07) is -0.0805. The number of hydrogen-bond donors (Lipinski definition) is 0. The van der Waals surface area contributed by atoms with Gasteiger partial charge in [-0.3, -0.25) is 14.5 Å². The van der Waals surface area contributed by atoms with Crippen LogP contribution >= 0.6 is 0 Å². The fourth-order valence-electron chi connectivity index (χ4n) is 3.47. The molecule has 21 heavy (non-hydrogen) atoms. The zero-order chi connectivity index (χ0) is 15.5. The number of carbonyl (C=O) groups excluding carboxylic acids is 2. The summed E-state index contributed by atoms with van der Waals surface area (Å²) in [5.41, 5.74) is -0.539. The van der Waals surface area contributed by atoms with Crippen LogP contribution < -0.4 is 0 Å². The maximum atomic E-state index is 12.7. The summed E-state index contributed by atoms with van der Waals surface area (Å²) < 4.78 is 4.87. The third kappa shape index (κ3) is 3.57. The molecule has 0 radical (unpaired) electrons. The molecule has 2 aliphatic heterocycles. The average Bonchev–Trinajstić information content (AvgIpc) is 2.72. The van der Waals surface area contributed by atoms with Gasteiger partial charge in [0, 0.05) is 13.1 Å². The molecule has 2 atom stereocenters. The van der Waals surface area contributed by atoms with Gasteiger partial charge in [0.15, 0.2) is 0 Å². The highest BCUT2D eigenvalue weighted by atomic mass is 16.5. The van der Waals surface area contributed by atoms with Gasteiger partial charge in [-0.2, -0.15) is 0 Å². The molecule has 0 aromatic heterocycles. The predicted octanol–water partition coefficient (Wildman–Crippen LogP) is 1.66. The summed E-state index contributed by atoms with van der Waals surface area (Å²) in [6.07, 6.45) is 5.58. The van der Waals surface area contributed by atoms with E-state index in [4.69, 9.17) is 4.74 Å². The van der Waals surface area contributed by atoms with Crippen molar-refractivity contribution in [1.82, 2.24) is 9.80 Å². The Morgan fingerprint density at radius 2 is 1.71 bits per heavy atom. The molecule has 0 aromatic rings. The largest absolute Gasteiger partial charge is 0.469 e. The lowest BCUT2D eigenvalue weighted by Gasteiger charge is -2.30. The van der Waals surface area contributed by atoms with E-state index in [1.165, 1.54) is 32.8 Å². The summed E-state index contributed by atoms with van der Waals surface area (Å²) >= 11 is 0. The lowest BCUT2D eigenvalue weighted by Crippen LogP contribution is -2.47. The zero-order valence-corrected chi connectivity index (χ0v) is 13.6. The number of rotatable bonds is 3. The summed E-state index contributed by atoms with van der Waals surface area (Å²) in [7, 11) is 1.41. The van der Waals surface area contributed by atoms with Gasteiger partial charge >= 0.3 is 5.97 Å². The van der Waals surface area contributed by atoms with Gasteiger partial charge in [-0.15, -0.1) is 0 Å². The first-order chi connectivity index (χ1) is 9.98. The van der Waals surface area contributed by atoms with Gasteiger partial charge in [0.05, 0.1) is 18.6 Å². The fraction of sp³-hybridized carbons (Fsp3) is 0.875. The first kappa shape index (κ1) is 16.3. The number of hydrogen-bond acceptors (Lipinski definition) is 4. The molecule has 2 fully saturated rings. The zero-order valence-electron chi connectivity index (χ0n) is 13.6. The van der Waals surface area contributed by atoms with Crippen molar-refractivity contribution in [1.29, 1.82) is 0 Å². The molecule has 120 valence electrons. The molecule has 5 nitrogen and oxygen atoms in total. The summed E-state index contributed by atoms with van der Waals surface area (Å²) in [6.45, 7) is 7.05. The molecule has 0 aliphatic carbocycles. The van der Waals surface area contributed by atoms with Crippen molar-refractivity contribution in [2.45, 2.75) is 52.0 Å². The molecular formula is C16H28N2O3. The van der Waals surface area contributed by atoms with Crippen molar-refractivity contribution in [3.63, 3.8) is 0 Å². The van der Waals surface area contributed by atoms with E-state index in [0.29, 0.717) is 19.5 Å². The molecule has 2 saturated heterocycles. The normalized spacial score (nSPS) is 29.0. The van der Waals surface area contributed by atoms with Gasteiger partial charge < -0.3 is 9.64 Å². The van der Waals surface area contributed by atoms with Crippen LogP contribution in [-0.4, -0.2) is 61.0 Å². The molecule has 0 aromatic carbocycles. The lowest BCUT2D eigenvalue weighted by molar-refractivity contribution is -0.151. The van der Waals surface area contributed by atoms with Crippen molar-refractivity contribution in [2.75, 3.05) is 33.3 Å². The highest BCUT2D eigenvalue weighted by Crippen LogP contribution is 2.32. The van der Waals surface area contributed by atoms with Crippen LogP contribution in [0.2, 0.25) is 0 Å². The van der Waals surface area contributed by atoms with Crippen molar-refractivity contribution >= 4 is 11.9 Å². The molecule has 5 heteroatoms. The number of nitrogens with zero attached hydrogens (tertiary/aromatic N) is 2. The minimum absolute atomic E-state index is 0.0805. The maximum Gasteiger partial charge on any atom is 0.313 e. The van der Waals surface area contributed by atoms with E-state index in [0.717, 1.165) is 13.1 Å². The third-order valence-electron chi connectivity index (χ3n) is 5.01. The van der Waals surface area contributed by atoms with Crippen LogP contribution in [0.15, 0.2) is 0 Å². The number of methoxy groups -OCH3 is 1. The molecule has 0 N–H and O–H groups in total. The molecule has 2 rings (SSSR count). The minimum atomic E-state index is -0.539. The van der Waals surface area contributed by atoms with Gasteiger partial charge in [-0.05, 0) is 46.2 Å². The van der Waals surface area contributed by atoms with Gasteiger partial charge in [-0.1, -0.05) is 12.8 Å². The quantitative estimate of drug-likeness (QED) is 0.743. The van der Waals surface area contributed by atoms with Crippen molar-refractivity contribution in [3.05, 3.63) is 0 Å². The van der Waals surface area contributed by atoms with Crippen molar-refractivity contribution < 1.29 is 14.3 Å². The van der Waals surface area contributed by atoms with Crippen LogP contribution in [0.5, 0.6) is 0 Å². The first-order valence-electron chi connectivity index (χ1n) is 8.09. The van der Waals surface area contributed by atoms with E-state index in [9.17, 15) is 9.59 Å². The van der Waals surface area contributed by atoms with E-state index < -0.39 is 5.41 Å². The Labute approximate surface area is 127 Å². The number of ether oxygens (including phenoxy) is 1. The Kier molecular flexibility index (Phi) is 5.25. The van der Waals surface area contributed by atoms with Crippen LogP contribution in [0.1, 0.15) is 46.0 Å². The Morgan fingerprint density at radius 1 is 1.10 bits per heavy atom. The van der Waals surface area contributed by atoms with Crippen molar-refractivity contribution in [3.8, 4) is 0 Å². The maximum absolute atomic E-state index is 12.7. The standard InChI is InChI=1S/C16H28N2O3/c1-13(17-9-6-4-5-7-10-17)14(19)18-11-8-16(2,12-18)15(20)21-3/h13H,4-12H2,1-3H3/t13-,16-/m0/s1. The highest BCUT2D eigenvalue weighted by Gasteiger charge is 2.44. The monoisotopic (exact) mass is 296 g/mol. The van der Waals surface area contributed by atoms with Crippen molar-refractivity contribution in [2.24, 2.45) is 5.41 Å². The van der Waals surface area contributed by atoms with Crippen LogP contribution in [0.3, 0.4) is 0 Å². The van der Waals surface area contributed by atoms with Crippen LogP contribution in [0.25, 0.3) is 0 Å². The average molecular weight is 296 g/mol. The molecule has 0 unspecified atom stereocenters. The van der Waals surface area contributed by atoms with E-state index in [1.807, 2.05) is 18.7 Å². The highest BCUT2D eigenvalue weighted by molar-refractivity contribution is 5.84. The molecular weight excluding hydrogens is 268 g/mol. The Bertz CT molecular complexity index is 391. The summed E-state index contributed by atoms with van der Waals surface area (Å²) in [5.74, 6) is -0.0512. The number of esters is 1. The Balaban J connectivity index is 1.95. The lowest BCUT2D eigenvalue weighted by atomic mass is 9.90. The van der Waals surface area contributed by atoms with Gasteiger partial charge in [0.1, 0.15) is 0 Å². The van der Waals surface area contributed by atoms with E-state index in [-0.39, 0.29) is 17.9 Å². The Morgan fingerprint density at radius 3 is 2.29 bits per heavy atom. The second-order valence-electron chi connectivity index (χ2n) is 6.69. The molecule has 2 heterocycles. The van der Waals surface area contributed by atoms with Crippen LogP contribution in [-0.2, 0) is 14.3 Å². The van der Waals surface area contributed by atoms with Crippen LogP contribution in [0, 0.1) is 5.41 Å². The number of amides is 1. The molecule has 0 spiro atoms. The topological polar surface area (TPSA) is 49.9 Å². The molecule has 1 amide bonds. The fourth-order valence-corrected chi connectivity index (χ4v) is 3.47. The smallest absolute Gasteiger partial charge is 0.313 e. The van der Waals surface area contributed by atoms with E-state index in [1.54, 1.807) is 0 Å². The summed E-state index contributed by atoms with van der Waals surface area (Å²) in [4.78, 5) is 28.7. The van der Waals surface area contributed by atoms with Gasteiger partial charge in [-0.25, -0.2) is 0 Å². The number of carbonyl (C=O) groups is 2. The molecule has 0 saturated carbocycles. The van der Waals surface area contributed by atoms with E-state index >= 15 is 0 Å². The minimum Gasteiger partial charge on any atom is -0.469 e. The predicted molar refractivity (Wildman–Crippen MR) is 80.8 cm³/mol. The summed E-state index contributed by atoms with van der Waals surface area (Å²) in [5, 5.41) is 0. The second kappa shape index (κ2) is 6.77. The van der Waals surface area contributed by atoms with Gasteiger partial charge in [0.25, 0.3) is 0 Å². The number of likely N-dealkylation sites (tertiary alicyclic amines) is 2. The molecule has 0 bridgehead atoms. The third-order valence-corrected chi connectivity index (χ3v) is 5.01. The SMILES string of the molecule is COC(=O)[C@@]1(C)CCN(C(=O)[C@H](C)N2CCCCCC2)C1. The first-order valence-corrected chi connectivity index (χ1v) is 8.09. The molecule has 2 aliphatic rings. The van der Waals surface area contributed by atoms with Gasteiger partial charge in [0.2, 0.25) is 5.91 Å².